The molecule has 1 N–H and O–H groups in total. The highest BCUT2D eigenvalue weighted by Gasteiger charge is 2.02. The molecule has 0 aliphatic rings. The van der Waals surface area contributed by atoms with Crippen LogP contribution in [-0.4, -0.2) is 15.7 Å². The summed E-state index contributed by atoms with van der Waals surface area (Å²) in [4.78, 5) is 11.0. The predicted octanol–water partition coefficient (Wildman–Crippen LogP) is 1.25. The van der Waals surface area contributed by atoms with Crippen molar-refractivity contribution in [3.8, 4) is 0 Å². The molecule has 0 fully saturated rings. The van der Waals surface area contributed by atoms with Gasteiger partial charge in [-0.3, -0.25) is 4.79 Å². The van der Waals surface area contributed by atoms with Crippen molar-refractivity contribution in [3.63, 3.8) is 0 Å². The number of aryl methyl sites for hydroxylation is 1. The van der Waals surface area contributed by atoms with Gasteiger partial charge in [-0.25, -0.2) is 4.68 Å². The third kappa shape index (κ3) is 1.84. The molecular weight excluding hydrogens is 154 g/mol. The zero-order chi connectivity index (χ0) is 8.97. The first kappa shape index (κ1) is 8.77. The Morgan fingerprint density at radius 2 is 2.42 bits per heavy atom. The second-order valence-corrected chi connectivity index (χ2v) is 2.43. The van der Waals surface area contributed by atoms with Crippen molar-refractivity contribution >= 4 is 11.7 Å². The Balaban J connectivity index is 2.68. The molecule has 1 heterocycles. The normalized spacial score (nSPS) is 9.83. The van der Waals surface area contributed by atoms with Gasteiger partial charge in [0.1, 0.15) is 5.82 Å². The minimum absolute atomic E-state index is 0.0187. The number of nitrogens with zero attached hydrogens (tertiary/aromatic N) is 2. The molecule has 1 amide bonds. The van der Waals surface area contributed by atoms with Crippen LogP contribution >= 0.6 is 0 Å². The van der Waals surface area contributed by atoms with E-state index in [9.17, 15) is 4.79 Å². The first-order valence-electron chi connectivity index (χ1n) is 4.09. The van der Waals surface area contributed by atoms with Gasteiger partial charge in [0.05, 0.1) is 6.20 Å². The van der Waals surface area contributed by atoms with Crippen molar-refractivity contribution < 1.29 is 4.79 Å². The largest absolute Gasteiger partial charge is 0.311 e. The lowest BCUT2D eigenvalue weighted by Gasteiger charge is -2.04. The highest BCUT2D eigenvalue weighted by Crippen LogP contribution is 2.05. The number of hydrogen-bond acceptors (Lipinski definition) is 2. The smallest absolute Gasteiger partial charge is 0.225 e. The number of hydrogen-bond donors (Lipinski definition) is 1. The zero-order valence-corrected chi connectivity index (χ0v) is 7.37. The van der Waals surface area contributed by atoms with Gasteiger partial charge in [-0.2, -0.15) is 5.10 Å². The highest BCUT2D eigenvalue weighted by molar-refractivity contribution is 5.89. The Labute approximate surface area is 71.6 Å². The first-order chi connectivity index (χ1) is 5.77. The second-order valence-electron chi connectivity index (χ2n) is 2.43. The summed E-state index contributed by atoms with van der Waals surface area (Å²) in [6.45, 7) is 4.57. The van der Waals surface area contributed by atoms with Crippen molar-refractivity contribution in [1.82, 2.24) is 9.78 Å². The SMILES string of the molecule is CCC(=O)Nc1ccnn1CC. The molecule has 0 aromatic carbocycles. The summed E-state index contributed by atoms with van der Waals surface area (Å²) in [5.41, 5.74) is 0. The van der Waals surface area contributed by atoms with E-state index in [1.54, 1.807) is 16.9 Å². The van der Waals surface area contributed by atoms with E-state index < -0.39 is 0 Å². The summed E-state index contributed by atoms with van der Waals surface area (Å²) in [5, 5.41) is 6.78. The fourth-order valence-corrected chi connectivity index (χ4v) is 0.922. The van der Waals surface area contributed by atoms with Crippen LogP contribution in [0.2, 0.25) is 0 Å². The molecular formula is C8H13N3O. The van der Waals surface area contributed by atoms with Crippen LogP contribution in [0, 0.1) is 0 Å². The van der Waals surface area contributed by atoms with Crippen LogP contribution in [0.4, 0.5) is 5.82 Å². The molecule has 1 aromatic rings. The van der Waals surface area contributed by atoms with Gasteiger partial charge in [0.25, 0.3) is 0 Å². The van der Waals surface area contributed by atoms with Crippen LogP contribution in [0.15, 0.2) is 12.3 Å². The number of carbonyl (C=O) groups excluding carboxylic acids is 1. The first-order valence-corrected chi connectivity index (χ1v) is 4.09. The van der Waals surface area contributed by atoms with Crippen molar-refractivity contribution in [3.05, 3.63) is 12.3 Å². The number of rotatable bonds is 3. The van der Waals surface area contributed by atoms with Gasteiger partial charge < -0.3 is 5.32 Å². The zero-order valence-electron chi connectivity index (χ0n) is 7.37. The number of carbonyl (C=O) groups is 1. The number of amides is 1. The van der Waals surface area contributed by atoms with E-state index in [0.29, 0.717) is 6.42 Å². The lowest BCUT2D eigenvalue weighted by molar-refractivity contribution is -0.115. The Morgan fingerprint density at radius 3 is 3.00 bits per heavy atom. The van der Waals surface area contributed by atoms with Crippen LogP contribution in [-0.2, 0) is 11.3 Å². The molecule has 4 heteroatoms. The van der Waals surface area contributed by atoms with Gasteiger partial charge >= 0.3 is 0 Å². The molecule has 0 saturated carbocycles. The molecule has 0 unspecified atom stereocenters. The molecule has 0 radical (unpaired) electrons. The third-order valence-electron chi connectivity index (χ3n) is 1.60. The van der Waals surface area contributed by atoms with Crippen molar-refractivity contribution in [2.24, 2.45) is 0 Å². The maximum absolute atomic E-state index is 11.0. The topological polar surface area (TPSA) is 46.9 Å². The quantitative estimate of drug-likeness (QED) is 0.736. The summed E-state index contributed by atoms with van der Waals surface area (Å²) in [7, 11) is 0. The second kappa shape index (κ2) is 3.90. The van der Waals surface area contributed by atoms with Crippen molar-refractivity contribution in [1.29, 1.82) is 0 Å². The predicted molar refractivity (Wildman–Crippen MR) is 46.8 cm³/mol. The van der Waals surface area contributed by atoms with E-state index in [-0.39, 0.29) is 5.91 Å². The van der Waals surface area contributed by atoms with E-state index in [0.717, 1.165) is 12.4 Å². The standard InChI is InChI=1S/C8H13N3O/c1-3-8(12)10-7-5-6-9-11(7)4-2/h5-6H,3-4H2,1-2H3,(H,10,12). The molecule has 4 nitrogen and oxygen atoms in total. The Bertz CT molecular complexity index is 267. The third-order valence-corrected chi connectivity index (χ3v) is 1.60. The summed E-state index contributed by atoms with van der Waals surface area (Å²) in [6, 6.07) is 1.79. The molecule has 0 aliphatic heterocycles. The number of anilines is 1. The fourth-order valence-electron chi connectivity index (χ4n) is 0.922. The maximum Gasteiger partial charge on any atom is 0.225 e. The lowest BCUT2D eigenvalue weighted by Crippen LogP contribution is -2.13. The van der Waals surface area contributed by atoms with Crippen LogP contribution in [0.25, 0.3) is 0 Å². The van der Waals surface area contributed by atoms with Crippen molar-refractivity contribution in [2.45, 2.75) is 26.8 Å². The maximum atomic E-state index is 11.0. The molecule has 1 aromatic heterocycles. The number of aromatic nitrogens is 2. The Hall–Kier alpha value is -1.32. The van der Waals surface area contributed by atoms with E-state index in [2.05, 4.69) is 10.4 Å². The Morgan fingerprint density at radius 1 is 1.67 bits per heavy atom. The molecule has 0 saturated heterocycles. The number of nitrogens with one attached hydrogen (secondary N) is 1. The monoisotopic (exact) mass is 167 g/mol. The Kier molecular flexibility index (Phi) is 2.85. The molecule has 0 aliphatic carbocycles. The summed E-state index contributed by atoms with van der Waals surface area (Å²) < 4.78 is 1.74. The highest BCUT2D eigenvalue weighted by atomic mass is 16.1. The van der Waals surface area contributed by atoms with E-state index in [1.165, 1.54) is 0 Å². The lowest BCUT2D eigenvalue weighted by atomic mass is 10.4. The average molecular weight is 167 g/mol. The van der Waals surface area contributed by atoms with Crippen LogP contribution in [0.1, 0.15) is 20.3 Å². The molecule has 1 rings (SSSR count). The van der Waals surface area contributed by atoms with Gasteiger partial charge in [-0.1, -0.05) is 6.92 Å². The molecule has 0 spiro atoms. The molecule has 0 atom stereocenters. The van der Waals surface area contributed by atoms with Gasteiger partial charge in [-0.15, -0.1) is 0 Å². The van der Waals surface area contributed by atoms with Crippen LogP contribution < -0.4 is 5.32 Å². The van der Waals surface area contributed by atoms with E-state index in [1.807, 2.05) is 13.8 Å². The van der Waals surface area contributed by atoms with E-state index in [4.69, 9.17) is 0 Å². The van der Waals surface area contributed by atoms with Gasteiger partial charge in [0.15, 0.2) is 0 Å². The van der Waals surface area contributed by atoms with Gasteiger partial charge in [0, 0.05) is 19.0 Å². The van der Waals surface area contributed by atoms with Crippen molar-refractivity contribution in [2.75, 3.05) is 5.32 Å². The molecule has 12 heavy (non-hydrogen) atoms. The van der Waals surface area contributed by atoms with E-state index >= 15 is 0 Å². The molecule has 0 bridgehead atoms. The van der Waals surface area contributed by atoms with Gasteiger partial charge in [-0.05, 0) is 6.92 Å². The molecule has 66 valence electrons. The summed E-state index contributed by atoms with van der Waals surface area (Å²) in [5.74, 6) is 0.787. The summed E-state index contributed by atoms with van der Waals surface area (Å²) in [6.07, 6.45) is 2.17. The van der Waals surface area contributed by atoms with Crippen LogP contribution in [0.3, 0.4) is 0 Å². The fraction of sp³-hybridized carbons (Fsp3) is 0.500. The average Bonchev–Trinajstić information content (AvgIpc) is 2.51. The summed E-state index contributed by atoms with van der Waals surface area (Å²) >= 11 is 0. The minimum Gasteiger partial charge on any atom is -0.311 e. The van der Waals surface area contributed by atoms with Crippen LogP contribution in [0.5, 0.6) is 0 Å². The minimum atomic E-state index is 0.0187. The van der Waals surface area contributed by atoms with Gasteiger partial charge in [0.2, 0.25) is 5.91 Å².